The molecule has 3 nitrogen and oxygen atoms in total. The van der Waals surface area contributed by atoms with Gasteiger partial charge >= 0.3 is 0 Å². The molecule has 116 valence electrons. The summed E-state index contributed by atoms with van der Waals surface area (Å²) < 4.78 is 38.8. The van der Waals surface area contributed by atoms with Crippen molar-refractivity contribution in [1.29, 1.82) is 0 Å². The summed E-state index contributed by atoms with van der Waals surface area (Å²) in [6.45, 7) is 1.28. The van der Waals surface area contributed by atoms with Crippen molar-refractivity contribution in [2.75, 3.05) is 6.54 Å². The molecule has 1 unspecified atom stereocenters. The summed E-state index contributed by atoms with van der Waals surface area (Å²) in [7, 11) is 0. The Bertz CT molecular complexity index is 684. The maximum absolute atomic E-state index is 13.1. The molecule has 0 fully saturated rings. The summed E-state index contributed by atoms with van der Waals surface area (Å²) in [6.07, 6.45) is 0. The van der Waals surface area contributed by atoms with Gasteiger partial charge in [-0.1, -0.05) is 12.1 Å². The predicted octanol–water partition coefficient (Wildman–Crippen LogP) is 2.74. The van der Waals surface area contributed by atoms with Gasteiger partial charge in [0.1, 0.15) is 11.4 Å². The fourth-order valence-corrected chi connectivity index (χ4v) is 1.90. The summed E-state index contributed by atoms with van der Waals surface area (Å²) in [5.41, 5.74) is -1.07. The summed E-state index contributed by atoms with van der Waals surface area (Å²) in [6, 6.07) is 7.96. The van der Waals surface area contributed by atoms with Gasteiger partial charge in [-0.2, -0.15) is 0 Å². The Labute approximate surface area is 125 Å². The van der Waals surface area contributed by atoms with E-state index in [9.17, 15) is 23.1 Å². The molecule has 6 heteroatoms. The fraction of sp³-hybridized carbons (Fsp3) is 0.188. The molecule has 0 aliphatic rings. The van der Waals surface area contributed by atoms with Crippen LogP contribution in [0.1, 0.15) is 22.8 Å². The average Bonchev–Trinajstić information content (AvgIpc) is 2.48. The van der Waals surface area contributed by atoms with Gasteiger partial charge in [-0.05, 0) is 42.8 Å². The van der Waals surface area contributed by atoms with Gasteiger partial charge in [0.15, 0.2) is 11.6 Å². The zero-order valence-corrected chi connectivity index (χ0v) is 11.7. The van der Waals surface area contributed by atoms with E-state index in [0.717, 1.165) is 18.2 Å². The van der Waals surface area contributed by atoms with E-state index in [1.54, 1.807) is 0 Å². The van der Waals surface area contributed by atoms with Crippen LogP contribution in [0.3, 0.4) is 0 Å². The van der Waals surface area contributed by atoms with Crippen LogP contribution in [0.5, 0.6) is 0 Å². The van der Waals surface area contributed by atoms with Crippen molar-refractivity contribution in [2.24, 2.45) is 0 Å². The van der Waals surface area contributed by atoms with Crippen LogP contribution in [0.4, 0.5) is 13.2 Å². The summed E-state index contributed by atoms with van der Waals surface area (Å²) in [4.78, 5) is 11.9. The largest absolute Gasteiger partial charge is 0.384 e. The molecular formula is C16H14F3NO2. The number of halogens is 3. The number of hydrogen-bond acceptors (Lipinski definition) is 2. The van der Waals surface area contributed by atoms with Crippen molar-refractivity contribution < 1.29 is 23.1 Å². The van der Waals surface area contributed by atoms with E-state index in [1.807, 2.05) is 0 Å². The topological polar surface area (TPSA) is 49.3 Å². The highest BCUT2D eigenvalue weighted by molar-refractivity contribution is 5.94. The van der Waals surface area contributed by atoms with Crippen LogP contribution >= 0.6 is 0 Å². The quantitative estimate of drug-likeness (QED) is 0.912. The number of amides is 1. The lowest BCUT2D eigenvalue weighted by Crippen LogP contribution is -2.38. The third kappa shape index (κ3) is 3.65. The Balaban J connectivity index is 2.06. The van der Waals surface area contributed by atoms with Crippen molar-refractivity contribution in [3.63, 3.8) is 0 Å². The molecule has 22 heavy (non-hydrogen) atoms. The molecule has 2 N–H and O–H groups in total. The summed E-state index contributed by atoms with van der Waals surface area (Å²) >= 11 is 0. The van der Waals surface area contributed by atoms with Crippen molar-refractivity contribution in [3.05, 3.63) is 71.0 Å². The SMILES string of the molecule is CC(O)(CNC(=O)c1ccc(F)c(F)c1)c1ccc(F)cc1. The molecule has 0 bridgehead atoms. The first-order valence-corrected chi connectivity index (χ1v) is 6.51. The van der Waals surface area contributed by atoms with E-state index in [2.05, 4.69) is 5.32 Å². The lowest BCUT2D eigenvalue weighted by Gasteiger charge is -2.24. The second-order valence-electron chi connectivity index (χ2n) is 5.09. The Morgan fingerprint density at radius 3 is 2.32 bits per heavy atom. The molecule has 2 rings (SSSR count). The van der Waals surface area contributed by atoms with Gasteiger partial charge < -0.3 is 10.4 Å². The van der Waals surface area contributed by atoms with Crippen LogP contribution < -0.4 is 5.32 Å². The van der Waals surface area contributed by atoms with Gasteiger partial charge in [0.2, 0.25) is 0 Å². The molecule has 0 heterocycles. The number of aliphatic hydroxyl groups is 1. The standard InChI is InChI=1S/C16H14F3NO2/c1-16(22,11-3-5-12(17)6-4-11)9-20-15(21)10-2-7-13(18)14(19)8-10/h2-8,22H,9H2,1H3,(H,20,21). The Morgan fingerprint density at radius 1 is 1.09 bits per heavy atom. The molecule has 1 amide bonds. The lowest BCUT2D eigenvalue weighted by atomic mass is 9.96. The Hall–Kier alpha value is -2.34. The van der Waals surface area contributed by atoms with Crippen LogP contribution in [-0.2, 0) is 5.60 Å². The van der Waals surface area contributed by atoms with Gasteiger partial charge in [0, 0.05) is 5.56 Å². The minimum absolute atomic E-state index is 0.0613. The predicted molar refractivity (Wildman–Crippen MR) is 74.7 cm³/mol. The van der Waals surface area contributed by atoms with Gasteiger partial charge in [0.25, 0.3) is 5.91 Å². The smallest absolute Gasteiger partial charge is 0.251 e. The second-order valence-corrected chi connectivity index (χ2v) is 5.09. The zero-order valence-electron chi connectivity index (χ0n) is 11.7. The number of carbonyl (C=O) groups is 1. The number of rotatable bonds is 4. The fourth-order valence-electron chi connectivity index (χ4n) is 1.90. The van der Waals surface area contributed by atoms with Crippen LogP contribution in [0.15, 0.2) is 42.5 Å². The van der Waals surface area contributed by atoms with Gasteiger partial charge in [-0.25, -0.2) is 13.2 Å². The van der Waals surface area contributed by atoms with Crippen molar-refractivity contribution in [1.82, 2.24) is 5.32 Å². The second kappa shape index (κ2) is 6.19. The Morgan fingerprint density at radius 2 is 1.73 bits per heavy atom. The molecule has 0 saturated carbocycles. The highest BCUT2D eigenvalue weighted by Gasteiger charge is 2.24. The minimum Gasteiger partial charge on any atom is -0.384 e. The van der Waals surface area contributed by atoms with E-state index in [0.29, 0.717) is 5.56 Å². The molecule has 2 aromatic carbocycles. The van der Waals surface area contributed by atoms with E-state index in [-0.39, 0.29) is 12.1 Å². The molecule has 0 radical (unpaired) electrons. The first-order chi connectivity index (χ1) is 10.3. The molecule has 0 aliphatic carbocycles. The maximum atomic E-state index is 13.1. The maximum Gasteiger partial charge on any atom is 0.251 e. The van der Waals surface area contributed by atoms with Crippen molar-refractivity contribution >= 4 is 5.91 Å². The van der Waals surface area contributed by atoms with Crippen LogP contribution in [-0.4, -0.2) is 17.6 Å². The first-order valence-electron chi connectivity index (χ1n) is 6.51. The monoisotopic (exact) mass is 309 g/mol. The van der Waals surface area contributed by atoms with Crippen molar-refractivity contribution in [3.8, 4) is 0 Å². The molecule has 0 aromatic heterocycles. The minimum atomic E-state index is -1.43. The highest BCUT2D eigenvalue weighted by Crippen LogP contribution is 2.20. The van der Waals surface area contributed by atoms with Gasteiger partial charge in [-0.3, -0.25) is 4.79 Å². The van der Waals surface area contributed by atoms with E-state index >= 15 is 0 Å². The summed E-state index contributed by atoms with van der Waals surface area (Å²) in [5.74, 6) is -3.26. The molecule has 0 aliphatic heterocycles. The van der Waals surface area contributed by atoms with E-state index in [1.165, 1.54) is 31.2 Å². The number of benzene rings is 2. The van der Waals surface area contributed by atoms with Gasteiger partial charge in [-0.15, -0.1) is 0 Å². The normalized spacial score (nSPS) is 13.5. The first kappa shape index (κ1) is 16.0. The Kier molecular flexibility index (Phi) is 4.51. The molecule has 2 aromatic rings. The molecule has 0 spiro atoms. The van der Waals surface area contributed by atoms with E-state index < -0.39 is 29.0 Å². The number of nitrogens with one attached hydrogen (secondary N) is 1. The van der Waals surface area contributed by atoms with Crippen molar-refractivity contribution in [2.45, 2.75) is 12.5 Å². The third-order valence-electron chi connectivity index (χ3n) is 3.24. The van der Waals surface area contributed by atoms with Gasteiger partial charge in [0.05, 0.1) is 6.54 Å². The van der Waals surface area contributed by atoms with Crippen LogP contribution in [0.2, 0.25) is 0 Å². The molecular weight excluding hydrogens is 295 g/mol. The third-order valence-corrected chi connectivity index (χ3v) is 3.24. The number of hydrogen-bond donors (Lipinski definition) is 2. The van der Waals surface area contributed by atoms with Crippen LogP contribution in [0.25, 0.3) is 0 Å². The average molecular weight is 309 g/mol. The number of carbonyl (C=O) groups excluding carboxylic acids is 1. The highest BCUT2D eigenvalue weighted by atomic mass is 19.2. The lowest BCUT2D eigenvalue weighted by molar-refractivity contribution is 0.0526. The summed E-state index contributed by atoms with van der Waals surface area (Å²) in [5, 5.41) is 12.7. The van der Waals surface area contributed by atoms with Crippen LogP contribution in [0, 0.1) is 17.5 Å². The zero-order chi connectivity index (χ0) is 16.3. The van der Waals surface area contributed by atoms with E-state index in [4.69, 9.17) is 0 Å². The molecule has 1 atom stereocenters. The molecule has 0 saturated heterocycles.